The summed E-state index contributed by atoms with van der Waals surface area (Å²) in [6, 6.07) is 0. The van der Waals surface area contributed by atoms with Crippen LogP contribution in [0.4, 0.5) is 5.88 Å². The number of anilines is 1. The minimum Gasteiger partial charge on any atom is -0.411 e. The molecule has 1 aromatic heterocycles. The summed E-state index contributed by atoms with van der Waals surface area (Å²) in [6.07, 6.45) is 1.43. The maximum absolute atomic E-state index is 8.73. The lowest BCUT2D eigenvalue weighted by atomic mass is 10.2. The molecule has 0 aliphatic rings. The van der Waals surface area contributed by atoms with Crippen LogP contribution in [0.1, 0.15) is 38.4 Å². The number of oxime groups is 1. The average Bonchev–Trinajstić information content (AvgIpc) is 2.69. The quantitative estimate of drug-likeness (QED) is 0.469. The maximum atomic E-state index is 8.73. The highest BCUT2D eigenvalue weighted by Crippen LogP contribution is 2.18. The molecule has 0 bridgehead atoms. The first kappa shape index (κ1) is 13.2. The number of nitrogens with zero attached hydrogens (tertiary/aromatic N) is 3. The molecule has 0 spiro atoms. The number of rotatable bonds is 5. The van der Waals surface area contributed by atoms with Crippen molar-refractivity contribution in [3.05, 3.63) is 11.3 Å². The van der Waals surface area contributed by atoms with Crippen LogP contribution in [0.5, 0.6) is 0 Å². The van der Waals surface area contributed by atoms with Crippen LogP contribution in [0.2, 0.25) is 0 Å². The van der Waals surface area contributed by atoms with Gasteiger partial charge in [-0.3, -0.25) is 0 Å². The molecule has 0 atom stereocenters. The fraction of sp³-hybridized carbons (Fsp3) is 0.545. The Bertz CT molecular complexity index is 435. The van der Waals surface area contributed by atoms with E-state index in [2.05, 4.69) is 20.8 Å². The molecule has 6 heteroatoms. The fourth-order valence-electron chi connectivity index (χ4n) is 1.40. The smallest absolute Gasteiger partial charge is 0.247 e. The third kappa shape index (κ3) is 3.05. The topological polar surface area (TPSA) is 83.0 Å². The molecular formula is C11H18N4O2. The van der Waals surface area contributed by atoms with Gasteiger partial charge in [0.1, 0.15) is 5.71 Å². The van der Waals surface area contributed by atoms with Crippen molar-refractivity contribution < 1.29 is 9.73 Å². The second-order valence-electron chi connectivity index (χ2n) is 3.65. The van der Waals surface area contributed by atoms with Crippen LogP contribution < -0.4 is 5.43 Å². The first-order valence-electron chi connectivity index (χ1n) is 5.60. The van der Waals surface area contributed by atoms with Gasteiger partial charge in [0.15, 0.2) is 0 Å². The predicted octanol–water partition coefficient (Wildman–Crippen LogP) is 2.57. The number of aryl methyl sites for hydroxylation is 1. The van der Waals surface area contributed by atoms with Crippen molar-refractivity contribution >= 4 is 17.3 Å². The Balaban J connectivity index is 2.79. The first-order chi connectivity index (χ1) is 8.13. The van der Waals surface area contributed by atoms with E-state index in [1.165, 1.54) is 0 Å². The van der Waals surface area contributed by atoms with E-state index in [-0.39, 0.29) is 0 Å². The Morgan fingerprint density at radius 1 is 1.47 bits per heavy atom. The minimum absolute atomic E-state index is 0.523. The van der Waals surface area contributed by atoms with E-state index in [0.29, 0.717) is 23.7 Å². The van der Waals surface area contributed by atoms with Crippen molar-refractivity contribution in [3.63, 3.8) is 0 Å². The van der Waals surface area contributed by atoms with Gasteiger partial charge in [-0.25, -0.2) is 5.43 Å². The second kappa shape index (κ2) is 6.03. The number of hydrogen-bond acceptors (Lipinski definition) is 6. The second-order valence-corrected chi connectivity index (χ2v) is 3.65. The van der Waals surface area contributed by atoms with Gasteiger partial charge in [-0.2, -0.15) is 5.10 Å². The summed E-state index contributed by atoms with van der Waals surface area (Å²) in [5.74, 6) is 0.523. The lowest BCUT2D eigenvalue weighted by Crippen LogP contribution is -2.11. The number of nitrogens with one attached hydrogen (secondary N) is 1. The molecule has 0 saturated carbocycles. The summed E-state index contributed by atoms with van der Waals surface area (Å²) in [5, 5.41) is 19.9. The van der Waals surface area contributed by atoms with E-state index in [9.17, 15) is 0 Å². The minimum atomic E-state index is 0.523. The van der Waals surface area contributed by atoms with Crippen LogP contribution >= 0.6 is 0 Å². The van der Waals surface area contributed by atoms with Crippen molar-refractivity contribution in [2.45, 2.75) is 40.5 Å². The highest BCUT2D eigenvalue weighted by Gasteiger charge is 2.09. The monoisotopic (exact) mass is 238 g/mol. The van der Waals surface area contributed by atoms with E-state index in [1.54, 1.807) is 6.92 Å². The summed E-state index contributed by atoms with van der Waals surface area (Å²) in [6.45, 7) is 7.58. The zero-order valence-electron chi connectivity index (χ0n) is 10.6. The van der Waals surface area contributed by atoms with E-state index < -0.39 is 0 Å². The van der Waals surface area contributed by atoms with Gasteiger partial charge >= 0.3 is 0 Å². The molecule has 0 aliphatic heterocycles. The Hall–Kier alpha value is -1.85. The lowest BCUT2D eigenvalue weighted by molar-refractivity contribution is 0.319. The van der Waals surface area contributed by atoms with Gasteiger partial charge in [-0.15, -0.1) is 0 Å². The van der Waals surface area contributed by atoms with Crippen LogP contribution in [0.15, 0.2) is 14.8 Å². The number of aromatic nitrogens is 1. The van der Waals surface area contributed by atoms with Crippen LogP contribution in [0.25, 0.3) is 0 Å². The molecule has 6 nitrogen and oxygen atoms in total. The van der Waals surface area contributed by atoms with E-state index in [0.717, 1.165) is 17.7 Å². The van der Waals surface area contributed by atoms with Crippen molar-refractivity contribution in [1.82, 2.24) is 5.16 Å². The highest BCUT2D eigenvalue weighted by molar-refractivity contribution is 6.41. The standard InChI is InChI=1S/C11H18N4O2/c1-5-9-7(3)11(17-15-9)13-12-8(4)10(6-2)14-16/h13,16H,5-6H2,1-4H3/b12-8+,14-10-. The summed E-state index contributed by atoms with van der Waals surface area (Å²) in [5.41, 5.74) is 5.79. The summed E-state index contributed by atoms with van der Waals surface area (Å²) < 4.78 is 5.11. The maximum Gasteiger partial charge on any atom is 0.247 e. The normalized spacial score (nSPS) is 12.9. The van der Waals surface area contributed by atoms with E-state index in [4.69, 9.17) is 9.73 Å². The molecule has 0 fully saturated rings. The SMILES string of the molecule is CCC(=N/O)/C(C)=N/Nc1onc(CC)c1C. The Morgan fingerprint density at radius 3 is 2.65 bits per heavy atom. The molecule has 0 amide bonds. The molecule has 0 saturated heterocycles. The number of hydrogen-bond donors (Lipinski definition) is 2. The van der Waals surface area contributed by atoms with Gasteiger partial charge in [0.2, 0.25) is 5.88 Å². The average molecular weight is 238 g/mol. The van der Waals surface area contributed by atoms with Gasteiger partial charge in [-0.1, -0.05) is 24.2 Å². The Kier molecular flexibility index (Phi) is 4.68. The van der Waals surface area contributed by atoms with Crippen molar-refractivity contribution in [3.8, 4) is 0 Å². The molecule has 0 unspecified atom stereocenters. The van der Waals surface area contributed by atoms with Crippen LogP contribution in [0.3, 0.4) is 0 Å². The van der Waals surface area contributed by atoms with E-state index >= 15 is 0 Å². The summed E-state index contributed by atoms with van der Waals surface area (Å²) in [4.78, 5) is 0. The molecule has 1 aromatic rings. The lowest BCUT2D eigenvalue weighted by Gasteiger charge is -2.01. The molecule has 0 aliphatic carbocycles. The zero-order valence-corrected chi connectivity index (χ0v) is 10.6. The summed E-state index contributed by atoms with van der Waals surface area (Å²) in [7, 11) is 0. The summed E-state index contributed by atoms with van der Waals surface area (Å²) >= 11 is 0. The largest absolute Gasteiger partial charge is 0.411 e. The van der Waals surface area contributed by atoms with Crippen LogP contribution in [-0.4, -0.2) is 21.8 Å². The van der Waals surface area contributed by atoms with Crippen molar-refractivity contribution in [2.24, 2.45) is 10.3 Å². The third-order valence-electron chi connectivity index (χ3n) is 2.55. The van der Waals surface area contributed by atoms with Crippen molar-refractivity contribution in [2.75, 3.05) is 5.43 Å². The first-order valence-corrected chi connectivity index (χ1v) is 5.60. The van der Waals surface area contributed by atoms with Gasteiger partial charge < -0.3 is 9.73 Å². The van der Waals surface area contributed by atoms with Crippen molar-refractivity contribution in [1.29, 1.82) is 0 Å². The molecular weight excluding hydrogens is 220 g/mol. The Labute approximate surface area is 100 Å². The predicted molar refractivity (Wildman–Crippen MR) is 66.9 cm³/mol. The highest BCUT2D eigenvalue weighted by atomic mass is 16.5. The van der Waals surface area contributed by atoms with Gasteiger partial charge in [0.25, 0.3) is 0 Å². The fourth-order valence-corrected chi connectivity index (χ4v) is 1.40. The molecule has 1 rings (SSSR count). The third-order valence-corrected chi connectivity index (χ3v) is 2.55. The molecule has 17 heavy (non-hydrogen) atoms. The van der Waals surface area contributed by atoms with E-state index in [1.807, 2.05) is 20.8 Å². The number of hydrazone groups is 1. The van der Waals surface area contributed by atoms with Crippen LogP contribution in [-0.2, 0) is 6.42 Å². The zero-order chi connectivity index (χ0) is 12.8. The molecule has 0 radical (unpaired) electrons. The molecule has 0 aromatic carbocycles. The van der Waals surface area contributed by atoms with Crippen LogP contribution in [0, 0.1) is 6.92 Å². The van der Waals surface area contributed by atoms with Gasteiger partial charge in [-0.05, 0) is 26.7 Å². The Morgan fingerprint density at radius 2 is 2.18 bits per heavy atom. The molecule has 2 N–H and O–H groups in total. The van der Waals surface area contributed by atoms with Gasteiger partial charge in [0, 0.05) is 5.56 Å². The van der Waals surface area contributed by atoms with Gasteiger partial charge in [0.05, 0.1) is 11.4 Å². The molecule has 1 heterocycles. The molecule has 94 valence electrons.